The molecule has 1 N–H and O–H groups in total. The lowest BCUT2D eigenvalue weighted by atomic mass is 10.2. The average Bonchev–Trinajstić information content (AvgIpc) is 2.58. The van der Waals surface area contributed by atoms with E-state index in [-0.39, 0.29) is 5.91 Å². The maximum Gasteiger partial charge on any atom is 0.264 e. The molecule has 2 rings (SSSR count). The molecule has 2 heterocycles. The van der Waals surface area contributed by atoms with Crippen LogP contribution in [0.5, 0.6) is 0 Å². The summed E-state index contributed by atoms with van der Waals surface area (Å²) < 4.78 is 0.686. The molecule has 1 fully saturated rings. The molecule has 0 spiro atoms. The van der Waals surface area contributed by atoms with Crippen molar-refractivity contribution >= 4 is 28.8 Å². The molecule has 0 aliphatic carbocycles. The van der Waals surface area contributed by atoms with Gasteiger partial charge in [0, 0.05) is 26.2 Å². The van der Waals surface area contributed by atoms with Gasteiger partial charge in [-0.05, 0) is 18.6 Å². The molecular formula is C10H13ClN2OS. The van der Waals surface area contributed by atoms with Crippen molar-refractivity contribution in [3.05, 3.63) is 20.8 Å². The van der Waals surface area contributed by atoms with Crippen LogP contribution >= 0.6 is 22.9 Å². The van der Waals surface area contributed by atoms with Gasteiger partial charge in [-0.15, -0.1) is 11.3 Å². The summed E-state index contributed by atoms with van der Waals surface area (Å²) in [6.45, 7) is 5.26. The van der Waals surface area contributed by atoms with E-state index in [9.17, 15) is 4.79 Å². The van der Waals surface area contributed by atoms with Crippen LogP contribution in [0.3, 0.4) is 0 Å². The lowest BCUT2D eigenvalue weighted by Crippen LogP contribution is -2.46. The molecule has 1 saturated heterocycles. The fourth-order valence-electron chi connectivity index (χ4n) is 1.67. The van der Waals surface area contributed by atoms with Gasteiger partial charge >= 0.3 is 0 Å². The monoisotopic (exact) mass is 244 g/mol. The van der Waals surface area contributed by atoms with Crippen LogP contribution in [0.1, 0.15) is 15.2 Å². The van der Waals surface area contributed by atoms with Crippen LogP contribution in [-0.4, -0.2) is 37.0 Å². The lowest BCUT2D eigenvalue weighted by molar-refractivity contribution is 0.0740. The fraction of sp³-hybridized carbons (Fsp3) is 0.500. The number of carbonyl (C=O) groups is 1. The third-order valence-corrected chi connectivity index (χ3v) is 3.84. The Hall–Kier alpha value is -0.580. The highest BCUT2D eigenvalue weighted by Crippen LogP contribution is 2.27. The Balaban J connectivity index is 2.16. The second-order valence-electron chi connectivity index (χ2n) is 3.60. The number of aryl methyl sites for hydroxylation is 1. The molecule has 0 radical (unpaired) electrons. The third-order valence-electron chi connectivity index (χ3n) is 2.49. The quantitative estimate of drug-likeness (QED) is 0.817. The van der Waals surface area contributed by atoms with Gasteiger partial charge in [0.15, 0.2) is 0 Å². The van der Waals surface area contributed by atoms with Gasteiger partial charge in [-0.2, -0.15) is 0 Å². The zero-order valence-corrected chi connectivity index (χ0v) is 10.1. The number of nitrogens with zero attached hydrogens (tertiary/aromatic N) is 1. The summed E-state index contributed by atoms with van der Waals surface area (Å²) in [4.78, 5) is 14.7. The molecule has 0 unspecified atom stereocenters. The minimum atomic E-state index is 0.117. The van der Waals surface area contributed by atoms with Gasteiger partial charge in [-0.1, -0.05) is 11.6 Å². The molecule has 0 saturated carbocycles. The summed E-state index contributed by atoms with van der Waals surface area (Å²) in [6.07, 6.45) is 0. The SMILES string of the molecule is Cc1cc(Cl)sc1C(=O)N1CCNCC1. The predicted octanol–water partition coefficient (Wildman–Crippen LogP) is 1.76. The first-order valence-electron chi connectivity index (χ1n) is 4.94. The van der Waals surface area contributed by atoms with E-state index >= 15 is 0 Å². The van der Waals surface area contributed by atoms with Crippen LogP contribution in [0, 0.1) is 6.92 Å². The molecule has 1 aliphatic rings. The molecule has 1 aromatic rings. The van der Waals surface area contributed by atoms with Crippen LogP contribution in [0.4, 0.5) is 0 Å². The molecule has 0 atom stereocenters. The topological polar surface area (TPSA) is 32.3 Å². The molecule has 1 aromatic heterocycles. The van der Waals surface area contributed by atoms with E-state index in [0.717, 1.165) is 36.6 Å². The van der Waals surface area contributed by atoms with Crippen molar-refractivity contribution in [3.63, 3.8) is 0 Å². The Morgan fingerprint density at radius 3 is 2.73 bits per heavy atom. The van der Waals surface area contributed by atoms with Crippen molar-refractivity contribution < 1.29 is 4.79 Å². The Morgan fingerprint density at radius 1 is 1.53 bits per heavy atom. The van der Waals surface area contributed by atoms with Crippen LogP contribution in [0.25, 0.3) is 0 Å². The summed E-state index contributed by atoms with van der Waals surface area (Å²) in [5.74, 6) is 0.117. The maximum absolute atomic E-state index is 12.1. The minimum absolute atomic E-state index is 0.117. The number of carbonyl (C=O) groups excluding carboxylic acids is 1. The Kier molecular flexibility index (Phi) is 3.29. The fourth-order valence-corrected chi connectivity index (χ4v) is 2.93. The van der Waals surface area contributed by atoms with Crippen molar-refractivity contribution in [1.29, 1.82) is 0 Å². The van der Waals surface area contributed by atoms with E-state index in [0.29, 0.717) is 4.34 Å². The average molecular weight is 245 g/mol. The van der Waals surface area contributed by atoms with E-state index < -0.39 is 0 Å². The van der Waals surface area contributed by atoms with Crippen molar-refractivity contribution in [1.82, 2.24) is 10.2 Å². The first-order valence-corrected chi connectivity index (χ1v) is 6.14. The molecule has 82 valence electrons. The number of rotatable bonds is 1. The van der Waals surface area contributed by atoms with Crippen LogP contribution in [-0.2, 0) is 0 Å². The molecule has 3 nitrogen and oxygen atoms in total. The number of halogens is 1. The normalized spacial score (nSPS) is 16.8. The van der Waals surface area contributed by atoms with Gasteiger partial charge in [0.25, 0.3) is 5.91 Å². The number of thiophene rings is 1. The standard InChI is InChI=1S/C10H13ClN2OS/c1-7-6-8(11)15-9(7)10(14)13-4-2-12-3-5-13/h6,12H,2-5H2,1H3. The van der Waals surface area contributed by atoms with Gasteiger partial charge in [0.1, 0.15) is 0 Å². The molecule has 1 aliphatic heterocycles. The van der Waals surface area contributed by atoms with Crippen molar-refractivity contribution in [3.8, 4) is 0 Å². The van der Waals surface area contributed by atoms with Crippen molar-refractivity contribution in [2.45, 2.75) is 6.92 Å². The zero-order chi connectivity index (χ0) is 10.8. The minimum Gasteiger partial charge on any atom is -0.335 e. The lowest BCUT2D eigenvalue weighted by Gasteiger charge is -2.27. The molecule has 1 amide bonds. The highest BCUT2D eigenvalue weighted by molar-refractivity contribution is 7.18. The molecule has 5 heteroatoms. The zero-order valence-electron chi connectivity index (χ0n) is 8.55. The molecule has 0 aromatic carbocycles. The first-order chi connectivity index (χ1) is 7.18. The van der Waals surface area contributed by atoms with Gasteiger partial charge < -0.3 is 10.2 Å². The van der Waals surface area contributed by atoms with E-state index in [2.05, 4.69) is 5.32 Å². The number of hydrogen-bond acceptors (Lipinski definition) is 3. The van der Waals surface area contributed by atoms with Crippen LogP contribution < -0.4 is 5.32 Å². The van der Waals surface area contributed by atoms with E-state index in [1.807, 2.05) is 17.9 Å². The van der Waals surface area contributed by atoms with Crippen LogP contribution in [0.15, 0.2) is 6.07 Å². The number of hydrogen-bond donors (Lipinski definition) is 1. The maximum atomic E-state index is 12.1. The number of amides is 1. The van der Waals surface area contributed by atoms with Crippen LogP contribution in [0.2, 0.25) is 4.34 Å². The first kappa shape index (κ1) is 10.9. The highest BCUT2D eigenvalue weighted by Gasteiger charge is 2.21. The van der Waals surface area contributed by atoms with Crippen molar-refractivity contribution in [2.24, 2.45) is 0 Å². The van der Waals surface area contributed by atoms with E-state index in [1.54, 1.807) is 0 Å². The Bertz CT molecular complexity index is 371. The largest absolute Gasteiger partial charge is 0.335 e. The van der Waals surface area contributed by atoms with Crippen molar-refractivity contribution in [2.75, 3.05) is 26.2 Å². The summed E-state index contributed by atoms with van der Waals surface area (Å²) >= 11 is 7.25. The summed E-state index contributed by atoms with van der Waals surface area (Å²) in [5, 5.41) is 3.22. The van der Waals surface area contributed by atoms with Gasteiger partial charge in [0.2, 0.25) is 0 Å². The van der Waals surface area contributed by atoms with E-state index in [4.69, 9.17) is 11.6 Å². The predicted molar refractivity (Wildman–Crippen MR) is 62.8 cm³/mol. The summed E-state index contributed by atoms with van der Waals surface area (Å²) in [7, 11) is 0. The second kappa shape index (κ2) is 4.51. The number of piperazine rings is 1. The number of nitrogens with one attached hydrogen (secondary N) is 1. The molecular weight excluding hydrogens is 232 g/mol. The van der Waals surface area contributed by atoms with E-state index in [1.165, 1.54) is 11.3 Å². The smallest absolute Gasteiger partial charge is 0.264 e. The third kappa shape index (κ3) is 2.33. The molecule has 15 heavy (non-hydrogen) atoms. The Labute approximate surface area is 98.0 Å². The summed E-state index contributed by atoms with van der Waals surface area (Å²) in [6, 6.07) is 1.85. The summed E-state index contributed by atoms with van der Waals surface area (Å²) in [5.41, 5.74) is 0.980. The van der Waals surface area contributed by atoms with Gasteiger partial charge in [0.05, 0.1) is 9.21 Å². The van der Waals surface area contributed by atoms with Gasteiger partial charge in [-0.25, -0.2) is 0 Å². The molecule has 0 bridgehead atoms. The second-order valence-corrected chi connectivity index (χ2v) is 5.29. The highest BCUT2D eigenvalue weighted by atomic mass is 35.5. The van der Waals surface area contributed by atoms with Gasteiger partial charge in [-0.3, -0.25) is 4.79 Å². The Morgan fingerprint density at radius 2 is 2.20 bits per heavy atom.